The van der Waals surface area contributed by atoms with Crippen molar-refractivity contribution in [2.45, 2.75) is 38.0 Å². The Hall–Kier alpha value is -3.43. The van der Waals surface area contributed by atoms with Crippen LogP contribution >= 0.6 is 12.2 Å². The Balaban J connectivity index is 1.17. The van der Waals surface area contributed by atoms with Crippen LogP contribution in [0.3, 0.4) is 0 Å². The van der Waals surface area contributed by atoms with Crippen molar-refractivity contribution in [2.24, 2.45) is 5.92 Å². The minimum Gasteiger partial charge on any atom is -0.381 e. The zero-order valence-electron chi connectivity index (χ0n) is 24.7. The number of rotatable bonds is 7. The third-order valence-corrected chi connectivity index (χ3v) is 9.30. The second kappa shape index (κ2) is 13.3. The van der Waals surface area contributed by atoms with E-state index in [2.05, 4.69) is 99.0 Å². The van der Waals surface area contributed by atoms with Gasteiger partial charge in [-0.15, -0.1) is 0 Å². The van der Waals surface area contributed by atoms with Crippen LogP contribution in [0.2, 0.25) is 0 Å². The fourth-order valence-electron chi connectivity index (χ4n) is 6.55. The van der Waals surface area contributed by atoms with Crippen LogP contribution in [0, 0.1) is 5.92 Å². The first kappa shape index (κ1) is 28.7. The number of nitrogens with one attached hydrogen (secondary N) is 2. The number of para-hydroxylation sites is 1. The van der Waals surface area contributed by atoms with Gasteiger partial charge in [0.25, 0.3) is 0 Å². The van der Waals surface area contributed by atoms with Crippen LogP contribution in [0.5, 0.6) is 0 Å². The van der Waals surface area contributed by atoms with E-state index in [0.717, 1.165) is 83.5 Å². The zero-order chi connectivity index (χ0) is 28.8. The van der Waals surface area contributed by atoms with Gasteiger partial charge in [-0.3, -0.25) is 0 Å². The molecule has 0 aliphatic carbocycles. The number of piperazine rings is 1. The fourth-order valence-corrected chi connectivity index (χ4v) is 6.71. The van der Waals surface area contributed by atoms with Crippen molar-refractivity contribution >= 4 is 40.6 Å². The minimum absolute atomic E-state index is 0.0124. The normalized spacial score (nSPS) is 20.7. The number of anilines is 4. The second-order valence-electron chi connectivity index (χ2n) is 12.0. The Labute approximate surface area is 255 Å². The third kappa shape index (κ3) is 6.79. The Morgan fingerprint density at radius 3 is 2.21 bits per heavy atom. The summed E-state index contributed by atoms with van der Waals surface area (Å²) in [4.78, 5) is 17.2. The molecule has 42 heavy (non-hydrogen) atoms. The van der Waals surface area contributed by atoms with Gasteiger partial charge in [-0.1, -0.05) is 55.5 Å². The van der Waals surface area contributed by atoms with E-state index >= 15 is 0 Å². The molecule has 4 heterocycles. The Kier molecular flexibility index (Phi) is 9.05. The number of hydrogen-bond donors (Lipinski definition) is 2. The molecular weight excluding hydrogens is 542 g/mol. The topological polar surface area (TPSA) is 68.8 Å². The molecule has 3 aliphatic heterocycles. The van der Waals surface area contributed by atoms with Crippen LogP contribution < -0.4 is 25.3 Å². The predicted octanol–water partition coefficient (Wildman–Crippen LogP) is 5.07. The summed E-state index contributed by atoms with van der Waals surface area (Å²) in [5.74, 6) is 3.15. The van der Waals surface area contributed by atoms with Gasteiger partial charge >= 0.3 is 0 Å². The van der Waals surface area contributed by atoms with Crippen LogP contribution in [-0.4, -0.2) is 74.1 Å². The molecule has 1 aromatic heterocycles. The number of thiocarbonyl (C=S) groups is 1. The molecule has 9 heteroatoms. The standard InChI is InChI=1S/C33H43N7OS/c1-26-9-8-16-40(24-26)30-23-29(39-19-17-38(18-20-39)28-12-6-3-7-13-28)35-31(36-30)37-32(42)34-25-33(14-21-41-22-15-33)27-10-4-2-5-11-27/h2-7,10-13,23,26H,8-9,14-22,24-25H2,1H3,(H2,34,35,36,37,42)/t26-/m0/s1. The van der Waals surface area contributed by atoms with Gasteiger partial charge in [-0.05, 0) is 61.5 Å². The first-order valence-corrected chi connectivity index (χ1v) is 15.9. The largest absolute Gasteiger partial charge is 0.381 e. The third-order valence-electron chi connectivity index (χ3n) is 9.05. The molecular formula is C33H43N7OS. The van der Waals surface area contributed by atoms with E-state index in [0.29, 0.717) is 17.0 Å². The van der Waals surface area contributed by atoms with Gasteiger partial charge in [0.15, 0.2) is 5.11 Å². The molecule has 8 nitrogen and oxygen atoms in total. The molecule has 0 amide bonds. The van der Waals surface area contributed by atoms with Crippen molar-refractivity contribution in [3.05, 3.63) is 72.3 Å². The minimum atomic E-state index is -0.0124. The molecule has 0 bridgehead atoms. The number of aromatic nitrogens is 2. The van der Waals surface area contributed by atoms with E-state index in [1.165, 1.54) is 24.1 Å². The molecule has 6 rings (SSSR count). The van der Waals surface area contributed by atoms with Gasteiger partial charge < -0.3 is 30.1 Å². The van der Waals surface area contributed by atoms with Crippen molar-refractivity contribution in [2.75, 3.05) is 79.0 Å². The number of piperidine rings is 1. The SMILES string of the molecule is C[C@H]1CCCN(c2cc(N3CCN(c4ccccc4)CC3)nc(NC(=S)NCC3(c4ccccc4)CCOCC3)n2)C1. The summed E-state index contributed by atoms with van der Waals surface area (Å²) >= 11 is 5.82. The van der Waals surface area contributed by atoms with Crippen molar-refractivity contribution in [3.63, 3.8) is 0 Å². The van der Waals surface area contributed by atoms with Crippen LogP contribution in [0.4, 0.5) is 23.3 Å². The van der Waals surface area contributed by atoms with Gasteiger partial charge in [0.2, 0.25) is 5.95 Å². The van der Waals surface area contributed by atoms with Crippen molar-refractivity contribution in [1.29, 1.82) is 0 Å². The molecule has 2 aromatic carbocycles. The monoisotopic (exact) mass is 585 g/mol. The first-order valence-electron chi connectivity index (χ1n) is 15.5. The summed E-state index contributed by atoms with van der Waals surface area (Å²) < 4.78 is 5.72. The predicted molar refractivity (Wildman–Crippen MR) is 176 cm³/mol. The maximum Gasteiger partial charge on any atom is 0.232 e. The summed E-state index contributed by atoms with van der Waals surface area (Å²) in [6.45, 7) is 10.4. The van der Waals surface area contributed by atoms with Gasteiger partial charge in [0, 0.05) is 76.2 Å². The molecule has 1 atom stereocenters. The summed E-state index contributed by atoms with van der Waals surface area (Å²) in [6, 6.07) is 23.6. The lowest BCUT2D eigenvalue weighted by Gasteiger charge is -2.38. The van der Waals surface area contributed by atoms with E-state index < -0.39 is 0 Å². The molecule has 3 saturated heterocycles. The molecule has 3 aromatic rings. The molecule has 0 saturated carbocycles. The molecule has 0 spiro atoms. The number of hydrogen-bond acceptors (Lipinski definition) is 7. The molecule has 0 radical (unpaired) electrons. The van der Waals surface area contributed by atoms with Gasteiger partial charge in [0.1, 0.15) is 11.6 Å². The average Bonchev–Trinajstić information content (AvgIpc) is 3.05. The number of nitrogens with zero attached hydrogens (tertiary/aromatic N) is 5. The zero-order valence-corrected chi connectivity index (χ0v) is 25.5. The molecule has 3 fully saturated rings. The van der Waals surface area contributed by atoms with E-state index in [1.54, 1.807) is 0 Å². The van der Waals surface area contributed by atoms with Gasteiger partial charge in [-0.25, -0.2) is 0 Å². The molecule has 2 N–H and O–H groups in total. The highest BCUT2D eigenvalue weighted by atomic mass is 32.1. The van der Waals surface area contributed by atoms with Crippen LogP contribution in [-0.2, 0) is 10.2 Å². The molecule has 3 aliphatic rings. The lowest BCUT2D eigenvalue weighted by molar-refractivity contribution is 0.0515. The second-order valence-corrected chi connectivity index (χ2v) is 12.4. The summed E-state index contributed by atoms with van der Waals surface area (Å²) in [5, 5.41) is 7.43. The van der Waals surface area contributed by atoms with E-state index in [-0.39, 0.29) is 5.41 Å². The summed E-state index contributed by atoms with van der Waals surface area (Å²) in [5.41, 5.74) is 2.60. The highest BCUT2D eigenvalue weighted by Crippen LogP contribution is 2.34. The molecule has 222 valence electrons. The lowest BCUT2D eigenvalue weighted by atomic mass is 9.74. The Morgan fingerprint density at radius 1 is 0.881 bits per heavy atom. The van der Waals surface area contributed by atoms with Crippen LogP contribution in [0.25, 0.3) is 0 Å². The summed E-state index contributed by atoms with van der Waals surface area (Å²) in [7, 11) is 0. The summed E-state index contributed by atoms with van der Waals surface area (Å²) in [6.07, 6.45) is 4.38. The van der Waals surface area contributed by atoms with E-state index in [1.807, 2.05) is 0 Å². The van der Waals surface area contributed by atoms with E-state index in [4.69, 9.17) is 26.9 Å². The van der Waals surface area contributed by atoms with Crippen LogP contribution in [0.15, 0.2) is 66.7 Å². The first-order chi connectivity index (χ1) is 20.6. The average molecular weight is 586 g/mol. The number of benzene rings is 2. The quantitative estimate of drug-likeness (QED) is 0.370. The Morgan fingerprint density at radius 2 is 1.52 bits per heavy atom. The van der Waals surface area contributed by atoms with Crippen molar-refractivity contribution in [3.8, 4) is 0 Å². The highest BCUT2D eigenvalue weighted by Gasteiger charge is 2.34. The van der Waals surface area contributed by atoms with E-state index in [9.17, 15) is 0 Å². The smallest absolute Gasteiger partial charge is 0.232 e. The van der Waals surface area contributed by atoms with Gasteiger partial charge in [0.05, 0.1) is 0 Å². The molecule has 0 unspecified atom stereocenters. The highest BCUT2D eigenvalue weighted by molar-refractivity contribution is 7.80. The number of ether oxygens (including phenoxy) is 1. The van der Waals surface area contributed by atoms with Crippen LogP contribution in [0.1, 0.15) is 38.2 Å². The van der Waals surface area contributed by atoms with Crippen molar-refractivity contribution in [1.82, 2.24) is 15.3 Å². The van der Waals surface area contributed by atoms with Crippen molar-refractivity contribution < 1.29 is 4.74 Å². The lowest BCUT2D eigenvalue weighted by Crippen LogP contribution is -2.47. The Bertz CT molecular complexity index is 1310. The maximum atomic E-state index is 5.82. The fraction of sp³-hybridized carbons (Fsp3) is 0.485. The maximum absolute atomic E-state index is 5.82. The van der Waals surface area contributed by atoms with Gasteiger partial charge in [-0.2, -0.15) is 9.97 Å².